The average molecular weight is 236 g/mol. The van der Waals surface area contributed by atoms with E-state index in [9.17, 15) is 4.79 Å². The molecule has 17 heavy (non-hydrogen) atoms. The zero-order valence-electron chi connectivity index (χ0n) is 9.77. The molecule has 0 bridgehead atoms. The van der Waals surface area contributed by atoms with E-state index in [2.05, 4.69) is 27.7 Å². The Morgan fingerprint density at radius 2 is 2.29 bits per heavy atom. The first-order valence-corrected chi connectivity index (χ1v) is 6.09. The first-order chi connectivity index (χ1) is 8.24. The van der Waals surface area contributed by atoms with Gasteiger partial charge in [-0.15, -0.1) is 0 Å². The number of rotatable bonds is 4. The van der Waals surface area contributed by atoms with E-state index in [4.69, 9.17) is 4.52 Å². The second-order valence-electron chi connectivity index (χ2n) is 4.91. The summed E-state index contributed by atoms with van der Waals surface area (Å²) in [7, 11) is 0. The van der Waals surface area contributed by atoms with Crippen LogP contribution in [-0.2, 0) is 0 Å². The summed E-state index contributed by atoms with van der Waals surface area (Å²) in [4.78, 5) is 15.9. The molecular formula is C11H16N4O2. The van der Waals surface area contributed by atoms with Crippen LogP contribution in [0.4, 0.5) is 0 Å². The van der Waals surface area contributed by atoms with Crippen molar-refractivity contribution >= 4 is 5.91 Å². The van der Waals surface area contributed by atoms with Crippen molar-refractivity contribution < 1.29 is 9.32 Å². The zero-order chi connectivity index (χ0) is 11.8. The molecule has 6 nitrogen and oxygen atoms in total. The predicted molar refractivity (Wildman–Crippen MR) is 59.6 cm³/mol. The Kier molecular flexibility index (Phi) is 2.58. The van der Waals surface area contributed by atoms with E-state index < -0.39 is 0 Å². The van der Waals surface area contributed by atoms with Gasteiger partial charge in [-0.1, -0.05) is 12.1 Å². The number of nitrogens with zero attached hydrogens (tertiary/aromatic N) is 2. The Bertz CT molecular complexity index is 423. The van der Waals surface area contributed by atoms with Gasteiger partial charge in [0.15, 0.2) is 0 Å². The summed E-state index contributed by atoms with van der Waals surface area (Å²) in [5.41, 5.74) is 0. The first-order valence-electron chi connectivity index (χ1n) is 6.09. The van der Waals surface area contributed by atoms with Crippen molar-refractivity contribution in [1.29, 1.82) is 0 Å². The third-order valence-corrected chi connectivity index (χ3v) is 3.47. The van der Waals surface area contributed by atoms with E-state index in [1.807, 2.05) is 0 Å². The number of hydrogen-bond donors (Lipinski definition) is 2. The van der Waals surface area contributed by atoms with E-state index in [0.29, 0.717) is 17.9 Å². The molecule has 0 radical (unpaired) electrons. The van der Waals surface area contributed by atoms with Gasteiger partial charge >= 0.3 is 0 Å². The van der Waals surface area contributed by atoms with Crippen LogP contribution in [-0.4, -0.2) is 35.2 Å². The van der Waals surface area contributed by atoms with Gasteiger partial charge in [-0.25, -0.2) is 0 Å². The van der Waals surface area contributed by atoms with E-state index in [1.54, 1.807) is 0 Å². The quantitative estimate of drug-likeness (QED) is 0.785. The van der Waals surface area contributed by atoms with Crippen molar-refractivity contribution in [3.05, 3.63) is 11.7 Å². The van der Waals surface area contributed by atoms with Gasteiger partial charge in [-0.3, -0.25) is 4.79 Å². The van der Waals surface area contributed by atoms with Crippen molar-refractivity contribution in [3.63, 3.8) is 0 Å². The normalized spacial score (nSPS) is 21.9. The topological polar surface area (TPSA) is 80.1 Å². The third-order valence-electron chi connectivity index (χ3n) is 3.47. The van der Waals surface area contributed by atoms with Crippen LogP contribution in [0.5, 0.6) is 0 Å². The van der Waals surface area contributed by atoms with Crippen molar-refractivity contribution in [1.82, 2.24) is 20.8 Å². The molecule has 1 saturated heterocycles. The van der Waals surface area contributed by atoms with Crippen LogP contribution >= 0.6 is 0 Å². The van der Waals surface area contributed by atoms with Crippen LogP contribution in [0.15, 0.2) is 4.52 Å². The fourth-order valence-corrected chi connectivity index (χ4v) is 1.86. The van der Waals surface area contributed by atoms with Crippen LogP contribution in [0.1, 0.15) is 42.2 Å². The maximum atomic E-state index is 11.7. The monoisotopic (exact) mass is 236 g/mol. The van der Waals surface area contributed by atoms with E-state index in [0.717, 1.165) is 25.9 Å². The molecule has 0 spiro atoms. The lowest BCUT2D eigenvalue weighted by Gasteiger charge is -2.30. The molecule has 2 heterocycles. The van der Waals surface area contributed by atoms with Gasteiger partial charge in [0.25, 0.3) is 11.7 Å². The van der Waals surface area contributed by atoms with Gasteiger partial charge in [0.2, 0.25) is 5.89 Å². The summed E-state index contributed by atoms with van der Waals surface area (Å²) in [6.45, 7) is 4.02. The molecule has 92 valence electrons. The highest BCUT2D eigenvalue weighted by Crippen LogP contribution is 2.25. The molecule has 2 fully saturated rings. The summed E-state index contributed by atoms with van der Waals surface area (Å²) in [6, 6.07) is 0.317. The molecule has 1 unspecified atom stereocenters. The molecular weight excluding hydrogens is 220 g/mol. The molecule has 1 atom stereocenters. The summed E-state index contributed by atoms with van der Waals surface area (Å²) < 4.78 is 5.16. The third kappa shape index (κ3) is 2.17. The number of amides is 1. The van der Waals surface area contributed by atoms with Crippen molar-refractivity contribution in [2.45, 2.75) is 31.7 Å². The number of aromatic nitrogens is 2. The lowest BCUT2D eigenvalue weighted by molar-refractivity contribution is 0.0937. The molecule has 6 heteroatoms. The van der Waals surface area contributed by atoms with E-state index in [-0.39, 0.29) is 17.6 Å². The number of hydrogen-bond acceptors (Lipinski definition) is 5. The number of nitrogens with one attached hydrogen (secondary N) is 2. The van der Waals surface area contributed by atoms with Crippen molar-refractivity contribution in [2.75, 3.05) is 13.1 Å². The van der Waals surface area contributed by atoms with Crippen LogP contribution in [0.3, 0.4) is 0 Å². The zero-order valence-corrected chi connectivity index (χ0v) is 9.77. The Labute approximate surface area is 99.2 Å². The molecule has 1 saturated carbocycles. The lowest BCUT2D eigenvalue weighted by Crippen LogP contribution is -2.44. The maximum absolute atomic E-state index is 11.7. The van der Waals surface area contributed by atoms with Gasteiger partial charge in [-0.05, 0) is 31.8 Å². The fourth-order valence-electron chi connectivity index (χ4n) is 1.86. The molecule has 1 aliphatic heterocycles. The second-order valence-corrected chi connectivity index (χ2v) is 4.91. The Balaban J connectivity index is 1.65. The van der Waals surface area contributed by atoms with Crippen LogP contribution in [0, 0.1) is 5.92 Å². The summed E-state index contributed by atoms with van der Waals surface area (Å²) in [5.74, 6) is 1.26. The van der Waals surface area contributed by atoms with Gasteiger partial charge in [0.1, 0.15) is 0 Å². The highest BCUT2D eigenvalue weighted by Gasteiger charge is 2.30. The molecule has 3 rings (SSSR count). The van der Waals surface area contributed by atoms with Crippen LogP contribution in [0.2, 0.25) is 0 Å². The standard InChI is InChI=1S/C11H16N4O2/c1-6(7-4-12-5-7)11-14-9(15-17-11)10(16)13-8-2-3-8/h6-8,12H,2-5H2,1H3,(H,13,16). The molecule has 1 aromatic heterocycles. The Morgan fingerprint density at radius 3 is 2.88 bits per heavy atom. The van der Waals surface area contributed by atoms with Gasteiger partial charge in [-0.2, -0.15) is 4.98 Å². The highest BCUT2D eigenvalue weighted by atomic mass is 16.5. The SMILES string of the molecule is CC(c1nc(C(=O)NC2CC2)no1)C1CNC1. The van der Waals surface area contributed by atoms with Crippen molar-refractivity contribution in [2.24, 2.45) is 5.92 Å². The minimum absolute atomic E-state index is 0.158. The second kappa shape index (κ2) is 4.10. The Morgan fingerprint density at radius 1 is 1.53 bits per heavy atom. The minimum atomic E-state index is -0.221. The summed E-state index contributed by atoms with van der Waals surface area (Å²) in [6.07, 6.45) is 2.11. The molecule has 0 aromatic carbocycles. The lowest BCUT2D eigenvalue weighted by atomic mass is 9.89. The molecule has 1 aliphatic carbocycles. The summed E-state index contributed by atoms with van der Waals surface area (Å²) in [5, 5.41) is 9.79. The average Bonchev–Trinajstić information content (AvgIpc) is 2.91. The number of carbonyl (C=O) groups excluding carboxylic acids is 1. The van der Waals surface area contributed by atoms with E-state index >= 15 is 0 Å². The molecule has 1 amide bonds. The van der Waals surface area contributed by atoms with Crippen LogP contribution < -0.4 is 10.6 Å². The fraction of sp³-hybridized carbons (Fsp3) is 0.727. The van der Waals surface area contributed by atoms with Gasteiger partial charge < -0.3 is 15.2 Å². The highest BCUT2D eigenvalue weighted by molar-refractivity contribution is 5.90. The van der Waals surface area contributed by atoms with Crippen molar-refractivity contribution in [3.8, 4) is 0 Å². The predicted octanol–water partition coefficient (Wildman–Crippen LogP) is 0.285. The van der Waals surface area contributed by atoms with Crippen LogP contribution in [0.25, 0.3) is 0 Å². The minimum Gasteiger partial charge on any atom is -0.346 e. The molecule has 1 aromatic rings. The number of carbonyl (C=O) groups is 1. The Hall–Kier alpha value is -1.43. The van der Waals surface area contributed by atoms with Gasteiger partial charge in [0, 0.05) is 12.0 Å². The summed E-state index contributed by atoms with van der Waals surface area (Å²) >= 11 is 0. The first kappa shape index (κ1) is 10.7. The van der Waals surface area contributed by atoms with E-state index in [1.165, 1.54) is 0 Å². The maximum Gasteiger partial charge on any atom is 0.292 e. The van der Waals surface area contributed by atoms with Gasteiger partial charge in [0.05, 0.1) is 0 Å². The largest absolute Gasteiger partial charge is 0.346 e. The molecule has 2 aliphatic rings. The molecule has 2 N–H and O–H groups in total. The smallest absolute Gasteiger partial charge is 0.292 e.